The van der Waals surface area contributed by atoms with Gasteiger partial charge in [0.05, 0.1) is 0 Å². The van der Waals surface area contributed by atoms with Crippen molar-refractivity contribution in [2.45, 2.75) is 37.5 Å². The first-order valence-corrected chi connectivity index (χ1v) is 10.3. The summed E-state index contributed by atoms with van der Waals surface area (Å²) in [5.74, 6) is -1.81. The number of rotatable bonds is 11. The van der Waals surface area contributed by atoms with Crippen molar-refractivity contribution >= 4 is 34.6 Å². The molecule has 0 saturated heterocycles. The average molecular weight is 473 g/mol. The number of nitrogens with one attached hydrogen (secondary N) is 3. The Morgan fingerprint density at radius 1 is 1.03 bits per heavy atom. The summed E-state index contributed by atoms with van der Waals surface area (Å²) < 4.78 is 0. The lowest BCUT2D eigenvalue weighted by Gasteiger charge is -2.22. The molecule has 182 valence electrons. The van der Waals surface area contributed by atoms with Crippen LogP contribution in [0.25, 0.3) is 10.8 Å². The molecule has 0 spiro atoms. The van der Waals surface area contributed by atoms with Gasteiger partial charge in [-0.2, -0.15) is 4.99 Å². The van der Waals surface area contributed by atoms with Gasteiger partial charge in [-0.15, -0.1) is 0 Å². The van der Waals surface area contributed by atoms with E-state index in [-0.39, 0.29) is 19.3 Å². The van der Waals surface area contributed by atoms with Gasteiger partial charge in [0, 0.05) is 24.8 Å². The van der Waals surface area contributed by atoms with Crippen molar-refractivity contribution in [2.75, 3.05) is 7.05 Å². The number of amides is 3. The summed E-state index contributed by atoms with van der Waals surface area (Å²) >= 11 is 0. The SMILES string of the molecule is CNC(=O)[C@H](Cc1ccc2ccccc2c1)NC(=O)[C@@H](CCC(N=C(N)N)[N+](=O)[O-])NC(=O)O. The molecule has 0 aliphatic rings. The number of nitro groups is 1. The van der Waals surface area contributed by atoms with Gasteiger partial charge in [-0.1, -0.05) is 42.5 Å². The van der Waals surface area contributed by atoms with Gasteiger partial charge < -0.3 is 32.5 Å². The maximum atomic E-state index is 12.8. The van der Waals surface area contributed by atoms with Crippen molar-refractivity contribution < 1.29 is 24.4 Å². The molecule has 1 unspecified atom stereocenters. The summed E-state index contributed by atoms with van der Waals surface area (Å²) in [6.07, 6.45) is -3.52. The second-order valence-corrected chi connectivity index (χ2v) is 7.46. The Kier molecular flexibility index (Phi) is 9.11. The van der Waals surface area contributed by atoms with Crippen LogP contribution in [0.1, 0.15) is 18.4 Å². The number of carbonyl (C=O) groups is 3. The van der Waals surface area contributed by atoms with Crippen LogP contribution in [-0.4, -0.2) is 59.2 Å². The number of carbonyl (C=O) groups excluding carboxylic acids is 2. The van der Waals surface area contributed by atoms with Crippen LogP contribution < -0.4 is 27.4 Å². The Bertz CT molecular complexity index is 1090. The highest BCUT2D eigenvalue weighted by Crippen LogP contribution is 2.17. The summed E-state index contributed by atoms with van der Waals surface area (Å²) in [7, 11) is 1.41. The maximum Gasteiger partial charge on any atom is 0.405 e. The Hall–Kier alpha value is -4.42. The average Bonchev–Trinajstić information content (AvgIpc) is 2.79. The van der Waals surface area contributed by atoms with Crippen LogP contribution in [-0.2, 0) is 16.0 Å². The molecule has 13 nitrogen and oxygen atoms in total. The summed E-state index contributed by atoms with van der Waals surface area (Å²) in [5.41, 5.74) is 11.2. The highest BCUT2D eigenvalue weighted by atomic mass is 16.6. The van der Waals surface area contributed by atoms with Gasteiger partial charge in [0.2, 0.25) is 11.8 Å². The summed E-state index contributed by atoms with van der Waals surface area (Å²) in [6, 6.07) is 10.9. The molecule has 3 amide bonds. The molecular weight excluding hydrogens is 446 g/mol. The van der Waals surface area contributed by atoms with Crippen LogP contribution in [0.3, 0.4) is 0 Å². The van der Waals surface area contributed by atoms with E-state index in [0.717, 1.165) is 16.3 Å². The highest BCUT2D eigenvalue weighted by molar-refractivity contribution is 5.91. The standard InChI is InChI=1S/C21H27N7O6/c1-24-18(29)16(11-12-6-7-13-4-2-3-5-14(13)10-12)25-19(30)15(26-21(31)32)8-9-17(28(33)34)27-20(22)23/h2-7,10,15-17,26H,8-9,11H2,1H3,(H,24,29)(H,25,30)(H,31,32)(H4,22,23,27)/t15-,16+,17?/m1/s1. The number of fused-ring (bicyclic) bond motifs is 1. The predicted molar refractivity (Wildman–Crippen MR) is 124 cm³/mol. The predicted octanol–water partition coefficient (Wildman–Crippen LogP) is -0.0943. The number of nitrogens with two attached hydrogens (primary N) is 2. The third kappa shape index (κ3) is 7.62. The number of benzene rings is 2. The smallest absolute Gasteiger partial charge is 0.405 e. The lowest BCUT2D eigenvalue weighted by molar-refractivity contribution is -0.521. The summed E-state index contributed by atoms with van der Waals surface area (Å²) in [4.78, 5) is 50.3. The number of aliphatic imine (C=N–C) groups is 1. The topological polar surface area (TPSA) is 215 Å². The van der Waals surface area contributed by atoms with E-state index in [1.165, 1.54) is 7.05 Å². The molecule has 0 aliphatic heterocycles. The fourth-order valence-corrected chi connectivity index (χ4v) is 3.38. The van der Waals surface area contributed by atoms with Gasteiger partial charge in [-0.05, 0) is 22.8 Å². The van der Waals surface area contributed by atoms with E-state index < -0.39 is 47.0 Å². The molecule has 0 heterocycles. The number of likely N-dealkylation sites (N-methyl/N-ethyl adjacent to an activating group) is 1. The Balaban J connectivity index is 2.18. The van der Waals surface area contributed by atoms with E-state index >= 15 is 0 Å². The Labute approximate surface area is 194 Å². The quantitative estimate of drug-likeness (QED) is 0.112. The molecule has 34 heavy (non-hydrogen) atoms. The van der Waals surface area contributed by atoms with Crippen LogP contribution in [0.5, 0.6) is 0 Å². The van der Waals surface area contributed by atoms with Crippen molar-refractivity contribution in [1.29, 1.82) is 0 Å². The fourth-order valence-electron chi connectivity index (χ4n) is 3.38. The lowest BCUT2D eigenvalue weighted by Crippen LogP contribution is -2.54. The van der Waals surface area contributed by atoms with Crippen LogP contribution in [0.4, 0.5) is 4.79 Å². The number of guanidine groups is 1. The zero-order chi connectivity index (χ0) is 25.3. The molecule has 2 aromatic rings. The number of nitrogens with zero attached hydrogens (tertiary/aromatic N) is 2. The largest absolute Gasteiger partial charge is 0.465 e. The van der Waals surface area contributed by atoms with Gasteiger partial charge in [-0.3, -0.25) is 19.7 Å². The van der Waals surface area contributed by atoms with Crippen molar-refractivity contribution in [3.8, 4) is 0 Å². The molecular formula is C21H27N7O6. The van der Waals surface area contributed by atoms with E-state index in [0.29, 0.717) is 0 Å². The first-order valence-electron chi connectivity index (χ1n) is 10.3. The van der Waals surface area contributed by atoms with Crippen LogP contribution in [0.2, 0.25) is 0 Å². The first-order chi connectivity index (χ1) is 16.1. The van der Waals surface area contributed by atoms with Crippen molar-refractivity contribution in [3.05, 3.63) is 58.1 Å². The van der Waals surface area contributed by atoms with E-state index in [1.54, 1.807) is 0 Å². The zero-order valence-electron chi connectivity index (χ0n) is 18.4. The molecule has 0 fully saturated rings. The second-order valence-electron chi connectivity index (χ2n) is 7.46. The van der Waals surface area contributed by atoms with E-state index in [1.807, 2.05) is 47.8 Å². The molecule has 2 rings (SSSR count). The lowest BCUT2D eigenvalue weighted by atomic mass is 10.0. The highest BCUT2D eigenvalue weighted by Gasteiger charge is 2.29. The van der Waals surface area contributed by atoms with Crippen LogP contribution in [0.15, 0.2) is 47.5 Å². The molecule has 0 saturated carbocycles. The fraction of sp³-hybridized carbons (Fsp3) is 0.333. The molecule has 3 atom stereocenters. The first kappa shape index (κ1) is 25.8. The number of hydrogen-bond acceptors (Lipinski definition) is 6. The third-order valence-electron chi connectivity index (χ3n) is 5.00. The minimum atomic E-state index is -1.55. The van der Waals surface area contributed by atoms with E-state index in [2.05, 4.69) is 15.6 Å². The maximum absolute atomic E-state index is 12.8. The molecule has 2 aromatic carbocycles. The van der Waals surface area contributed by atoms with Crippen LogP contribution in [0, 0.1) is 10.1 Å². The molecule has 0 bridgehead atoms. The van der Waals surface area contributed by atoms with E-state index in [9.17, 15) is 24.5 Å². The molecule has 0 aromatic heterocycles. The van der Waals surface area contributed by atoms with Gasteiger partial charge in [0.25, 0.3) is 0 Å². The second kappa shape index (κ2) is 12.0. The Morgan fingerprint density at radius 2 is 1.71 bits per heavy atom. The van der Waals surface area contributed by atoms with Gasteiger partial charge in [-0.25, -0.2) is 4.79 Å². The normalized spacial score (nSPS) is 13.2. The van der Waals surface area contributed by atoms with Crippen molar-refractivity contribution in [3.63, 3.8) is 0 Å². The third-order valence-corrected chi connectivity index (χ3v) is 5.00. The van der Waals surface area contributed by atoms with Crippen molar-refractivity contribution in [1.82, 2.24) is 16.0 Å². The van der Waals surface area contributed by atoms with Gasteiger partial charge in [0.15, 0.2) is 5.96 Å². The van der Waals surface area contributed by atoms with Gasteiger partial charge >= 0.3 is 12.3 Å². The summed E-state index contributed by atoms with van der Waals surface area (Å²) in [6.45, 7) is 0. The van der Waals surface area contributed by atoms with Crippen molar-refractivity contribution in [2.24, 2.45) is 16.5 Å². The monoisotopic (exact) mass is 473 g/mol. The molecule has 13 heteroatoms. The van der Waals surface area contributed by atoms with Gasteiger partial charge in [0.1, 0.15) is 12.1 Å². The number of hydrogen-bond donors (Lipinski definition) is 6. The molecule has 0 radical (unpaired) electrons. The van der Waals surface area contributed by atoms with Crippen LogP contribution >= 0.6 is 0 Å². The minimum absolute atomic E-state index is 0.140. The summed E-state index contributed by atoms with van der Waals surface area (Å²) in [5, 5.41) is 29.2. The molecule has 8 N–H and O–H groups in total. The number of carboxylic acid groups (broad SMARTS) is 1. The zero-order valence-corrected chi connectivity index (χ0v) is 18.4. The Morgan fingerprint density at radius 3 is 2.29 bits per heavy atom. The molecule has 0 aliphatic carbocycles. The minimum Gasteiger partial charge on any atom is -0.465 e. The van der Waals surface area contributed by atoms with E-state index in [4.69, 9.17) is 16.6 Å².